The lowest BCUT2D eigenvalue weighted by Crippen LogP contribution is -2.37. The molecular formula is C20H23N5O4S. The Morgan fingerprint density at radius 3 is 2.87 bits per heavy atom. The van der Waals surface area contributed by atoms with Crippen LogP contribution in [0.4, 0.5) is 0 Å². The van der Waals surface area contributed by atoms with Gasteiger partial charge >= 0.3 is 5.69 Å². The van der Waals surface area contributed by atoms with Gasteiger partial charge in [0.2, 0.25) is 17.6 Å². The summed E-state index contributed by atoms with van der Waals surface area (Å²) in [5, 5.41) is 8.73. The van der Waals surface area contributed by atoms with Gasteiger partial charge in [-0.2, -0.15) is 4.98 Å². The highest BCUT2D eigenvalue weighted by Crippen LogP contribution is 2.21. The van der Waals surface area contributed by atoms with E-state index in [1.165, 1.54) is 30.0 Å². The van der Waals surface area contributed by atoms with E-state index in [9.17, 15) is 14.4 Å². The molecule has 3 aromatic rings. The fraction of sp³-hybridized carbons (Fsp3) is 0.350. The van der Waals surface area contributed by atoms with E-state index in [-0.39, 0.29) is 11.5 Å². The van der Waals surface area contributed by atoms with Crippen molar-refractivity contribution in [2.45, 2.75) is 25.7 Å². The Labute approximate surface area is 176 Å². The third kappa shape index (κ3) is 5.41. The maximum atomic E-state index is 12.0. The van der Waals surface area contributed by atoms with Crippen LogP contribution >= 0.6 is 11.3 Å². The summed E-state index contributed by atoms with van der Waals surface area (Å²) in [7, 11) is 2.95. The summed E-state index contributed by atoms with van der Waals surface area (Å²) in [6.07, 6.45) is 7.42. The van der Waals surface area contributed by atoms with E-state index in [1.807, 2.05) is 17.5 Å². The van der Waals surface area contributed by atoms with Crippen LogP contribution in [0.2, 0.25) is 0 Å². The first kappa shape index (κ1) is 21.4. The van der Waals surface area contributed by atoms with E-state index in [0.29, 0.717) is 24.7 Å². The van der Waals surface area contributed by atoms with Gasteiger partial charge in [0.25, 0.3) is 5.56 Å². The van der Waals surface area contributed by atoms with Gasteiger partial charge < -0.3 is 14.4 Å². The molecule has 158 valence electrons. The number of thiophene rings is 1. The Kier molecular flexibility index (Phi) is 7.12. The highest BCUT2D eigenvalue weighted by Gasteiger charge is 2.09. The molecule has 0 atom stereocenters. The van der Waals surface area contributed by atoms with Crippen LogP contribution in [-0.4, -0.2) is 31.7 Å². The van der Waals surface area contributed by atoms with Crippen LogP contribution in [0.25, 0.3) is 16.8 Å². The molecule has 1 amide bonds. The molecule has 3 rings (SSSR count). The first-order chi connectivity index (χ1) is 14.5. The van der Waals surface area contributed by atoms with Crippen molar-refractivity contribution in [2.24, 2.45) is 14.1 Å². The smallest absolute Gasteiger partial charge is 0.330 e. The number of carbonyl (C=O) groups excluding carboxylic acids is 1. The fourth-order valence-electron chi connectivity index (χ4n) is 2.83. The van der Waals surface area contributed by atoms with E-state index >= 15 is 0 Å². The average Bonchev–Trinajstić information content (AvgIpc) is 3.42. The van der Waals surface area contributed by atoms with Crippen molar-refractivity contribution in [3.05, 3.63) is 62.1 Å². The monoisotopic (exact) mass is 429 g/mol. The maximum absolute atomic E-state index is 12.0. The molecule has 10 heteroatoms. The SMILES string of the molecule is Cn1cc(/C=C/C(=O)NCCCCCc2nc(-c3cccs3)no2)c(=O)n(C)c1=O. The van der Waals surface area contributed by atoms with Crippen LogP contribution in [0.5, 0.6) is 0 Å². The molecule has 0 saturated heterocycles. The van der Waals surface area contributed by atoms with Gasteiger partial charge in [0.15, 0.2) is 0 Å². The van der Waals surface area contributed by atoms with Crippen LogP contribution in [0.15, 0.2) is 43.9 Å². The average molecular weight is 430 g/mol. The quantitative estimate of drug-likeness (QED) is 0.410. The molecular weight excluding hydrogens is 406 g/mol. The van der Waals surface area contributed by atoms with Crippen LogP contribution in [0.1, 0.15) is 30.7 Å². The largest absolute Gasteiger partial charge is 0.353 e. The van der Waals surface area contributed by atoms with Gasteiger partial charge in [-0.3, -0.25) is 14.2 Å². The lowest BCUT2D eigenvalue weighted by Gasteiger charge is -2.04. The van der Waals surface area contributed by atoms with Crippen LogP contribution < -0.4 is 16.6 Å². The summed E-state index contributed by atoms with van der Waals surface area (Å²) in [5.41, 5.74) is -0.577. The topological polar surface area (TPSA) is 112 Å². The number of carbonyl (C=O) groups is 1. The number of amides is 1. The number of aryl methyl sites for hydroxylation is 2. The second kappa shape index (κ2) is 9.97. The highest BCUT2D eigenvalue weighted by atomic mass is 32.1. The number of nitrogens with zero attached hydrogens (tertiary/aromatic N) is 4. The maximum Gasteiger partial charge on any atom is 0.330 e. The Hall–Kier alpha value is -3.27. The molecule has 3 heterocycles. The zero-order valence-electron chi connectivity index (χ0n) is 16.8. The fourth-order valence-corrected chi connectivity index (χ4v) is 3.48. The predicted molar refractivity (Wildman–Crippen MR) is 114 cm³/mol. The molecule has 0 bridgehead atoms. The minimum Gasteiger partial charge on any atom is -0.353 e. The molecule has 30 heavy (non-hydrogen) atoms. The molecule has 0 fully saturated rings. The van der Waals surface area contributed by atoms with Crippen molar-refractivity contribution in [1.82, 2.24) is 24.6 Å². The molecule has 0 aromatic carbocycles. The van der Waals surface area contributed by atoms with Crippen molar-refractivity contribution >= 4 is 23.3 Å². The Morgan fingerprint density at radius 1 is 1.27 bits per heavy atom. The van der Waals surface area contributed by atoms with Gasteiger partial charge in [-0.15, -0.1) is 11.3 Å². The lowest BCUT2D eigenvalue weighted by molar-refractivity contribution is -0.116. The Bertz CT molecular complexity index is 1140. The summed E-state index contributed by atoms with van der Waals surface area (Å²) in [6.45, 7) is 0.527. The van der Waals surface area contributed by atoms with E-state index < -0.39 is 11.2 Å². The third-order valence-corrected chi connectivity index (χ3v) is 5.33. The minimum absolute atomic E-state index is 0.274. The molecule has 9 nitrogen and oxygen atoms in total. The number of nitrogens with one attached hydrogen (secondary N) is 1. The summed E-state index contributed by atoms with van der Waals surface area (Å²) in [6, 6.07) is 3.90. The summed E-state index contributed by atoms with van der Waals surface area (Å²) in [5.74, 6) is 0.944. The summed E-state index contributed by atoms with van der Waals surface area (Å²) in [4.78, 5) is 41.0. The normalized spacial score (nSPS) is 11.3. The zero-order chi connectivity index (χ0) is 21.5. The molecule has 1 N–H and O–H groups in total. The van der Waals surface area contributed by atoms with Crippen molar-refractivity contribution in [2.75, 3.05) is 6.54 Å². The number of aromatic nitrogens is 4. The first-order valence-corrected chi connectivity index (χ1v) is 10.4. The Balaban J connectivity index is 1.37. The number of hydrogen-bond acceptors (Lipinski definition) is 7. The summed E-state index contributed by atoms with van der Waals surface area (Å²) < 4.78 is 7.56. The molecule has 0 aliphatic rings. The van der Waals surface area contributed by atoms with Gasteiger partial charge in [-0.05, 0) is 30.4 Å². The molecule has 0 spiro atoms. The van der Waals surface area contributed by atoms with Gasteiger partial charge in [0.1, 0.15) is 0 Å². The standard InChI is InChI=1S/C20H23N5O4S/c1-24-13-14(19(27)25(2)20(24)28)9-10-16(26)21-11-5-3-4-8-17-22-18(23-29-17)15-7-6-12-30-15/h6-7,9-10,12-13H,3-5,8,11H2,1-2H3,(H,21,26)/b10-9+. The molecule has 3 aromatic heterocycles. The summed E-state index contributed by atoms with van der Waals surface area (Å²) >= 11 is 1.57. The second-order valence-corrected chi connectivity index (χ2v) is 7.71. The molecule has 0 aliphatic heterocycles. The lowest BCUT2D eigenvalue weighted by atomic mass is 10.2. The van der Waals surface area contributed by atoms with Gasteiger partial charge in [-0.1, -0.05) is 17.6 Å². The van der Waals surface area contributed by atoms with E-state index in [1.54, 1.807) is 18.4 Å². The van der Waals surface area contributed by atoms with E-state index in [2.05, 4.69) is 15.5 Å². The van der Waals surface area contributed by atoms with Crippen molar-refractivity contribution in [3.8, 4) is 10.7 Å². The van der Waals surface area contributed by atoms with Gasteiger partial charge in [-0.25, -0.2) is 4.79 Å². The van der Waals surface area contributed by atoms with Crippen LogP contribution in [0, 0.1) is 0 Å². The van der Waals surface area contributed by atoms with Crippen molar-refractivity contribution in [3.63, 3.8) is 0 Å². The number of unbranched alkanes of at least 4 members (excludes halogenated alkanes) is 2. The van der Waals surface area contributed by atoms with Crippen LogP contribution in [-0.2, 0) is 25.3 Å². The number of hydrogen-bond donors (Lipinski definition) is 1. The van der Waals surface area contributed by atoms with Gasteiger partial charge in [0.05, 0.1) is 10.4 Å². The molecule has 0 radical (unpaired) electrons. The van der Waals surface area contributed by atoms with E-state index in [4.69, 9.17) is 4.52 Å². The van der Waals surface area contributed by atoms with Crippen LogP contribution in [0.3, 0.4) is 0 Å². The zero-order valence-corrected chi connectivity index (χ0v) is 17.6. The minimum atomic E-state index is -0.439. The molecule has 0 unspecified atom stereocenters. The third-order valence-electron chi connectivity index (χ3n) is 4.46. The predicted octanol–water partition coefficient (Wildman–Crippen LogP) is 1.74. The Morgan fingerprint density at radius 2 is 2.10 bits per heavy atom. The van der Waals surface area contributed by atoms with E-state index in [0.717, 1.165) is 28.7 Å². The van der Waals surface area contributed by atoms with Gasteiger partial charge in [0, 0.05) is 39.3 Å². The molecule has 0 saturated carbocycles. The number of rotatable bonds is 9. The highest BCUT2D eigenvalue weighted by molar-refractivity contribution is 7.13. The first-order valence-electron chi connectivity index (χ1n) is 9.54. The van der Waals surface area contributed by atoms with Crippen molar-refractivity contribution in [1.29, 1.82) is 0 Å². The molecule has 0 aliphatic carbocycles. The second-order valence-electron chi connectivity index (χ2n) is 6.77. The van der Waals surface area contributed by atoms with Crippen molar-refractivity contribution < 1.29 is 9.32 Å².